The summed E-state index contributed by atoms with van der Waals surface area (Å²) in [6.45, 7) is 6.69. The van der Waals surface area contributed by atoms with Gasteiger partial charge in [-0.1, -0.05) is 42.5 Å². The third-order valence-corrected chi connectivity index (χ3v) is 4.21. The first-order chi connectivity index (χ1) is 14.1. The average Bonchev–Trinajstić information content (AvgIpc) is 3.15. The number of hydrogen-bond acceptors (Lipinski definition) is 4. The predicted molar refractivity (Wildman–Crippen MR) is 114 cm³/mol. The van der Waals surface area contributed by atoms with E-state index in [1.54, 1.807) is 19.2 Å². The average molecular weight is 390 g/mol. The van der Waals surface area contributed by atoms with Crippen LogP contribution in [0, 0.1) is 0 Å². The molecule has 0 bridgehead atoms. The van der Waals surface area contributed by atoms with Crippen LogP contribution in [0.3, 0.4) is 0 Å². The highest BCUT2D eigenvalue weighted by atomic mass is 16.5. The highest BCUT2D eigenvalue weighted by Crippen LogP contribution is 2.22. The number of rotatable bonds is 8. The lowest BCUT2D eigenvalue weighted by Crippen LogP contribution is -2.12. The molecule has 5 nitrogen and oxygen atoms in total. The van der Waals surface area contributed by atoms with Crippen molar-refractivity contribution in [2.75, 3.05) is 6.61 Å². The Hall–Kier alpha value is -3.34. The van der Waals surface area contributed by atoms with E-state index in [4.69, 9.17) is 9.47 Å². The quantitative estimate of drug-likeness (QED) is 0.409. The Morgan fingerprint density at radius 3 is 2.48 bits per heavy atom. The van der Waals surface area contributed by atoms with E-state index in [1.165, 1.54) is 0 Å². The smallest absolute Gasteiger partial charge is 0.341 e. The molecule has 0 saturated carbocycles. The maximum absolute atomic E-state index is 12.7. The summed E-state index contributed by atoms with van der Waals surface area (Å²) in [7, 11) is 0. The van der Waals surface area contributed by atoms with Crippen molar-refractivity contribution in [1.82, 2.24) is 9.55 Å². The Morgan fingerprint density at radius 1 is 1.10 bits per heavy atom. The molecule has 3 rings (SSSR count). The number of esters is 1. The topological polar surface area (TPSA) is 53.4 Å². The first kappa shape index (κ1) is 20.4. The second kappa shape index (κ2) is 9.73. The van der Waals surface area contributed by atoms with Gasteiger partial charge in [0, 0.05) is 18.9 Å². The van der Waals surface area contributed by atoms with Crippen molar-refractivity contribution in [1.29, 1.82) is 0 Å². The van der Waals surface area contributed by atoms with Crippen LogP contribution in [0.25, 0.3) is 11.6 Å². The number of imidazole rings is 1. The van der Waals surface area contributed by atoms with Gasteiger partial charge in [-0.15, -0.1) is 0 Å². The number of aromatic nitrogens is 2. The minimum atomic E-state index is -0.393. The molecule has 29 heavy (non-hydrogen) atoms. The van der Waals surface area contributed by atoms with Gasteiger partial charge in [-0.05, 0) is 50.1 Å². The Balaban J connectivity index is 1.93. The number of hydrogen-bond donors (Lipinski definition) is 0. The Labute approximate surface area is 171 Å². The number of ether oxygens (including phenoxy) is 2. The molecule has 0 unspecified atom stereocenters. The summed E-state index contributed by atoms with van der Waals surface area (Å²) in [5, 5.41) is 0. The summed E-state index contributed by atoms with van der Waals surface area (Å²) in [5.41, 5.74) is 2.42. The summed E-state index contributed by atoms with van der Waals surface area (Å²) < 4.78 is 12.9. The Bertz CT molecular complexity index is 957. The van der Waals surface area contributed by atoms with Gasteiger partial charge in [0.05, 0.1) is 12.7 Å². The molecule has 150 valence electrons. The maximum Gasteiger partial charge on any atom is 0.341 e. The lowest BCUT2D eigenvalue weighted by Gasteiger charge is -2.12. The second-order valence-corrected chi connectivity index (χ2v) is 6.88. The van der Waals surface area contributed by atoms with E-state index >= 15 is 0 Å². The van der Waals surface area contributed by atoms with Crippen molar-refractivity contribution in [2.45, 2.75) is 33.4 Å². The lowest BCUT2D eigenvalue weighted by atomic mass is 10.1. The van der Waals surface area contributed by atoms with Crippen LogP contribution in [0.5, 0.6) is 5.75 Å². The minimum Gasteiger partial charge on any atom is -0.491 e. The van der Waals surface area contributed by atoms with E-state index in [0.717, 1.165) is 16.9 Å². The van der Waals surface area contributed by atoms with Crippen molar-refractivity contribution < 1.29 is 14.3 Å². The van der Waals surface area contributed by atoms with Gasteiger partial charge in [0.1, 0.15) is 17.1 Å². The molecule has 0 saturated heterocycles. The SMILES string of the molecule is CCOC(=O)C(=Cc1ccc(OC(C)C)cc1)c1nccn1Cc1ccccc1. The van der Waals surface area contributed by atoms with Crippen LogP contribution in [-0.2, 0) is 16.1 Å². The van der Waals surface area contributed by atoms with Gasteiger partial charge >= 0.3 is 5.97 Å². The number of nitrogens with zero attached hydrogens (tertiary/aromatic N) is 2. The van der Waals surface area contributed by atoms with Crippen molar-refractivity contribution in [3.05, 3.63) is 83.9 Å². The van der Waals surface area contributed by atoms with Crippen LogP contribution >= 0.6 is 0 Å². The van der Waals surface area contributed by atoms with Gasteiger partial charge in [0.2, 0.25) is 0 Å². The molecule has 3 aromatic rings. The summed E-state index contributed by atoms with van der Waals surface area (Å²) in [6, 6.07) is 17.7. The molecule has 0 amide bonds. The highest BCUT2D eigenvalue weighted by molar-refractivity contribution is 6.20. The molecule has 0 N–H and O–H groups in total. The third-order valence-electron chi connectivity index (χ3n) is 4.21. The van der Waals surface area contributed by atoms with Crippen LogP contribution in [0.1, 0.15) is 37.7 Å². The lowest BCUT2D eigenvalue weighted by molar-refractivity contribution is -0.136. The zero-order chi connectivity index (χ0) is 20.6. The number of carbonyl (C=O) groups excluding carboxylic acids is 1. The first-order valence-corrected chi connectivity index (χ1v) is 9.77. The summed E-state index contributed by atoms with van der Waals surface area (Å²) in [4.78, 5) is 17.1. The largest absolute Gasteiger partial charge is 0.491 e. The van der Waals surface area contributed by atoms with Gasteiger partial charge < -0.3 is 14.0 Å². The fraction of sp³-hybridized carbons (Fsp3) is 0.250. The molecular formula is C24H26N2O3. The number of benzene rings is 2. The molecule has 1 aromatic heterocycles. The van der Waals surface area contributed by atoms with E-state index < -0.39 is 5.97 Å². The molecule has 0 radical (unpaired) electrons. The Kier molecular flexibility index (Phi) is 6.85. The zero-order valence-corrected chi connectivity index (χ0v) is 17.0. The van der Waals surface area contributed by atoms with Crippen molar-refractivity contribution in [3.8, 4) is 5.75 Å². The van der Waals surface area contributed by atoms with Crippen molar-refractivity contribution >= 4 is 17.6 Å². The standard InChI is InChI=1S/C24H26N2O3/c1-4-28-24(27)22(16-19-10-12-21(13-11-19)29-18(2)3)23-25-14-15-26(23)17-20-8-6-5-7-9-20/h5-16,18H,4,17H2,1-3H3. The van der Waals surface area contributed by atoms with E-state index in [9.17, 15) is 4.79 Å². The molecule has 2 aromatic carbocycles. The molecule has 1 heterocycles. The van der Waals surface area contributed by atoms with Crippen molar-refractivity contribution in [2.24, 2.45) is 0 Å². The van der Waals surface area contributed by atoms with Crippen LogP contribution in [0.4, 0.5) is 0 Å². The van der Waals surface area contributed by atoms with Gasteiger partial charge in [0.15, 0.2) is 0 Å². The molecule has 0 aliphatic heterocycles. The van der Waals surface area contributed by atoms with Crippen LogP contribution in [0.2, 0.25) is 0 Å². The molecule has 0 aliphatic rings. The van der Waals surface area contributed by atoms with Gasteiger partial charge in [-0.25, -0.2) is 9.78 Å². The fourth-order valence-electron chi connectivity index (χ4n) is 2.97. The van der Waals surface area contributed by atoms with Crippen LogP contribution < -0.4 is 4.74 Å². The van der Waals surface area contributed by atoms with Crippen LogP contribution in [-0.4, -0.2) is 28.2 Å². The van der Waals surface area contributed by atoms with E-state index in [-0.39, 0.29) is 6.10 Å². The van der Waals surface area contributed by atoms with E-state index in [2.05, 4.69) is 4.98 Å². The Morgan fingerprint density at radius 2 is 1.83 bits per heavy atom. The molecular weight excluding hydrogens is 364 g/mol. The van der Waals surface area contributed by atoms with Crippen molar-refractivity contribution in [3.63, 3.8) is 0 Å². The number of carbonyl (C=O) groups is 1. The maximum atomic E-state index is 12.7. The van der Waals surface area contributed by atoms with Gasteiger partial charge in [-0.3, -0.25) is 0 Å². The zero-order valence-electron chi connectivity index (χ0n) is 17.0. The normalized spacial score (nSPS) is 11.5. The second-order valence-electron chi connectivity index (χ2n) is 6.88. The predicted octanol–water partition coefficient (Wildman–Crippen LogP) is 4.82. The van der Waals surface area contributed by atoms with E-state index in [1.807, 2.05) is 79.2 Å². The van der Waals surface area contributed by atoms with E-state index in [0.29, 0.717) is 24.5 Å². The molecule has 5 heteroatoms. The molecule has 0 atom stereocenters. The minimum absolute atomic E-state index is 0.108. The molecule has 0 fully saturated rings. The summed E-state index contributed by atoms with van der Waals surface area (Å²) >= 11 is 0. The van der Waals surface area contributed by atoms with Crippen LogP contribution in [0.15, 0.2) is 67.0 Å². The third kappa shape index (κ3) is 5.57. The molecule has 0 spiro atoms. The monoisotopic (exact) mass is 390 g/mol. The fourth-order valence-corrected chi connectivity index (χ4v) is 2.97. The highest BCUT2D eigenvalue weighted by Gasteiger charge is 2.19. The summed E-state index contributed by atoms with van der Waals surface area (Å²) in [6.07, 6.45) is 5.48. The summed E-state index contributed by atoms with van der Waals surface area (Å²) in [5.74, 6) is 0.978. The van der Waals surface area contributed by atoms with Gasteiger partial charge in [0.25, 0.3) is 0 Å². The first-order valence-electron chi connectivity index (χ1n) is 9.77. The molecule has 0 aliphatic carbocycles. The van der Waals surface area contributed by atoms with Gasteiger partial charge in [-0.2, -0.15) is 0 Å².